The Kier molecular flexibility index (Phi) is 9.32. The Morgan fingerprint density at radius 1 is 0.317 bits per heavy atom. The molecule has 2 heterocycles. The second kappa shape index (κ2) is 16.0. The number of rotatable bonds is 5. The summed E-state index contributed by atoms with van der Waals surface area (Å²) < 4.78 is 14.1. The third-order valence-electron chi connectivity index (χ3n) is 20.1. The highest BCUT2D eigenvalue weighted by Crippen LogP contribution is 2.64. The minimum absolute atomic E-state index is 0.134. The molecule has 4 aliphatic carbocycles. The molecule has 13 aromatic rings. The van der Waals surface area contributed by atoms with Gasteiger partial charge in [-0.05, 0) is 156 Å². The van der Waals surface area contributed by atoms with Crippen LogP contribution < -0.4 is 4.90 Å². The van der Waals surface area contributed by atoms with Gasteiger partial charge < -0.3 is 13.7 Å². The maximum atomic E-state index is 7.08. The first-order valence-electron chi connectivity index (χ1n) is 29.2. The lowest BCUT2D eigenvalue weighted by Gasteiger charge is -2.32. The Hall–Kier alpha value is -9.18. The van der Waals surface area contributed by atoms with Gasteiger partial charge in [-0.3, -0.25) is 0 Å². The van der Waals surface area contributed by atoms with Crippen LogP contribution in [0.1, 0.15) is 105 Å². The molecule has 82 heavy (non-hydrogen) atoms. The number of aryl methyl sites for hydroxylation is 1. The minimum atomic E-state index is -0.374. The number of benzene rings is 11. The van der Waals surface area contributed by atoms with Crippen LogP contribution in [0.3, 0.4) is 0 Å². The molecule has 17 rings (SSSR count). The van der Waals surface area contributed by atoms with Crippen molar-refractivity contribution in [2.75, 3.05) is 4.90 Å². The fraction of sp³-hybridized carbons (Fsp3) is 0.165. The van der Waals surface area contributed by atoms with Gasteiger partial charge in [0.15, 0.2) is 0 Å². The van der Waals surface area contributed by atoms with Crippen LogP contribution in [0.15, 0.2) is 215 Å². The van der Waals surface area contributed by atoms with Gasteiger partial charge in [0.2, 0.25) is 0 Å². The van der Waals surface area contributed by atoms with Crippen molar-refractivity contribution in [1.82, 2.24) is 0 Å². The summed E-state index contributed by atoms with van der Waals surface area (Å²) in [5, 5.41) is 4.71. The molecule has 3 nitrogen and oxygen atoms in total. The SMILES string of the molecule is Cc1ccc(-c2ccccc2N(c2ccc3c(c2)C(C)(C)c2cc(-c4ccc5c(c4)C(C)(C)c4ccccc4-5)c4oc5ccccc5c4c2-3)c2ccc3c(c2)C(C)(C)c2c4c(c5oc6ccccc6c5c2-3)-c2ccccc2C4(C)C)cc1. The first kappa shape index (κ1) is 47.6. The fourth-order valence-electron chi connectivity index (χ4n) is 16.0. The normalized spacial score (nSPS) is 15.8. The predicted molar refractivity (Wildman–Crippen MR) is 342 cm³/mol. The topological polar surface area (TPSA) is 29.5 Å². The largest absolute Gasteiger partial charge is 0.455 e. The molecule has 0 radical (unpaired) electrons. The van der Waals surface area contributed by atoms with Gasteiger partial charge in [0.25, 0.3) is 0 Å². The van der Waals surface area contributed by atoms with Crippen LogP contribution >= 0.6 is 0 Å². The summed E-state index contributed by atoms with van der Waals surface area (Å²) >= 11 is 0. The lowest BCUT2D eigenvalue weighted by atomic mass is 9.72. The van der Waals surface area contributed by atoms with E-state index in [9.17, 15) is 0 Å². The Labute approximate surface area is 479 Å². The van der Waals surface area contributed by atoms with Crippen LogP contribution in [0.5, 0.6) is 0 Å². The van der Waals surface area contributed by atoms with E-state index in [0.717, 1.165) is 55.7 Å². The van der Waals surface area contributed by atoms with Crippen molar-refractivity contribution in [3.8, 4) is 66.8 Å². The number of anilines is 3. The van der Waals surface area contributed by atoms with E-state index in [0.29, 0.717) is 0 Å². The van der Waals surface area contributed by atoms with Crippen LogP contribution in [0.25, 0.3) is 111 Å². The van der Waals surface area contributed by atoms with E-state index >= 15 is 0 Å². The Morgan fingerprint density at radius 2 is 0.780 bits per heavy atom. The number of hydrogen-bond donors (Lipinski definition) is 0. The van der Waals surface area contributed by atoms with E-state index < -0.39 is 0 Å². The zero-order chi connectivity index (χ0) is 55.5. The second-order valence-corrected chi connectivity index (χ2v) is 26.0. The molecule has 0 saturated heterocycles. The monoisotopic (exact) mass is 1060 g/mol. The van der Waals surface area contributed by atoms with Gasteiger partial charge in [-0.25, -0.2) is 0 Å². The van der Waals surface area contributed by atoms with Crippen molar-refractivity contribution in [3.05, 3.63) is 256 Å². The molecule has 0 saturated carbocycles. The van der Waals surface area contributed by atoms with Crippen LogP contribution in [0.4, 0.5) is 17.1 Å². The van der Waals surface area contributed by atoms with Crippen LogP contribution in [-0.4, -0.2) is 0 Å². The summed E-state index contributed by atoms with van der Waals surface area (Å²) in [6.07, 6.45) is 0. The maximum absolute atomic E-state index is 7.08. The van der Waals surface area contributed by atoms with Gasteiger partial charge in [0, 0.05) is 71.3 Å². The molecule has 0 bridgehead atoms. The van der Waals surface area contributed by atoms with E-state index in [2.05, 4.69) is 273 Å². The van der Waals surface area contributed by atoms with Gasteiger partial charge in [-0.1, -0.05) is 213 Å². The quantitative estimate of drug-likeness (QED) is 0.172. The van der Waals surface area contributed by atoms with Crippen LogP contribution in [0, 0.1) is 6.92 Å². The summed E-state index contributed by atoms with van der Waals surface area (Å²) in [4.78, 5) is 2.54. The van der Waals surface area contributed by atoms with Crippen molar-refractivity contribution in [2.45, 2.75) is 84.0 Å². The summed E-state index contributed by atoms with van der Waals surface area (Å²) in [7, 11) is 0. The molecule has 0 fully saturated rings. The minimum Gasteiger partial charge on any atom is -0.455 e. The number of fused-ring (bicyclic) bond motifs is 22. The number of para-hydroxylation sites is 3. The summed E-state index contributed by atoms with van der Waals surface area (Å²) in [5.41, 5.74) is 33.0. The van der Waals surface area contributed by atoms with Gasteiger partial charge in [0.1, 0.15) is 22.3 Å². The molecular formula is C79H61NO2. The highest BCUT2D eigenvalue weighted by atomic mass is 16.3. The number of furan rings is 2. The molecule has 0 N–H and O–H groups in total. The highest BCUT2D eigenvalue weighted by Gasteiger charge is 2.49. The van der Waals surface area contributed by atoms with Crippen LogP contribution in [0.2, 0.25) is 0 Å². The van der Waals surface area contributed by atoms with Crippen molar-refractivity contribution in [3.63, 3.8) is 0 Å². The van der Waals surface area contributed by atoms with Gasteiger partial charge in [-0.2, -0.15) is 0 Å². The smallest absolute Gasteiger partial charge is 0.144 e. The molecule has 0 amide bonds. The molecule has 11 aromatic carbocycles. The number of hydrogen-bond acceptors (Lipinski definition) is 3. The first-order valence-corrected chi connectivity index (χ1v) is 29.2. The molecule has 3 heteroatoms. The average molecular weight is 1060 g/mol. The van der Waals surface area contributed by atoms with E-state index in [4.69, 9.17) is 8.83 Å². The molecule has 0 spiro atoms. The van der Waals surface area contributed by atoms with Gasteiger partial charge in [-0.15, -0.1) is 0 Å². The molecule has 2 aromatic heterocycles. The van der Waals surface area contributed by atoms with Crippen molar-refractivity contribution in [2.24, 2.45) is 0 Å². The third-order valence-corrected chi connectivity index (χ3v) is 20.1. The molecular weight excluding hydrogens is 995 g/mol. The molecule has 4 aliphatic rings. The summed E-state index contributed by atoms with van der Waals surface area (Å²) in [5.74, 6) is 0. The van der Waals surface area contributed by atoms with E-state index in [1.165, 1.54) is 122 Å². The third kappa shape index (κ3) is 6.05. The van der Waals surface area contributed by atoms with Crippen LogP contribution in [-0.2, 0) is 21.7 Å². The second-order valence-electron chi connectivity index (χ2n) is 26.0. The summed E-state index contributed by atoms with van der Waals surface area (Å²) in [6.45, 7) is 21.5. The molecule has 0 aliphatic heterocycles. The van der Waals surface area contributed by atoms with Crippen molar-refractivity contribution in [1.29, 1.82) is 0 Å². The lowest BCUT2D eigenvalue weighted by molar-refractivity contribution is 0.600. The highest BCUT2D eigenvalue weighted by molar-refractivity contribution is 6.22. The van der Waals surface area contributed by atoms with Crippen molar-refractivity contribution >= 4 is 60.9 Å². The standard InChI is InChI=1S/C79H61NO2/c1-44-30-32-45(33-31-44)49-20-12-17-27-64(49)80(48-36-39-54-62(42-48)79(8,9)72-68(54)70-56-24-14-19-29-66(56)82-75(70)71-52-22-11-16-26-59(52)78(6,7)73(71)72)47-35-38-53-61(41-47)77(4,5)63-43-57(74-69(67(53)63)55-23-13-18-28-65(55)81-74)46-34-37-51-50-21-10-15-25-58(50)76(2,3)60(51)40-46/h10-43H,1-9H3. The molecule has 394 valence electrons. The summed E-state index contributed by atoms with van der Waals surface area (Å²) in [6, 6.07) is 77.4. The predicted octanol–water partition coefficient (Wildman–Crippen LogP) is 21.8. The average Bonchev–Trinajstić information content (AvgIpc) is 3.46. The Bertz CT molecular complexity index is 4990. The zero-order valence-electron chi connectivity index (χ0n) is 47.9. The van der Waals surface area contributed by atoms with E-state index in [-0.39, 0.29) is 21.7 Å². The lowest BCUT2D eigenvalue weighted by Crippen LogP contribution is -2.24. The fourth-order valence-corrected chi connectivity index (χ4v) is 16.0. The maximum Gasteiger partial charge on any atom is 0.144 e. The van der Waals surface area contributed by atoms with E-state index in [1.807, 2.05) is 0 Å². The first-order chi connectivity index (χ1) is 39.6. The molecule has 0 unspecified atom stereocenters. The Morgan fingerprint density at radius 3 is 1.48 bits per heavy atom. The van der Waals surface area contributed by atoms with Gasteiger partial charge in [0.05, 0.1) is 5.69 Å². The van der Waals surface area contributed by atoms with Gasteiger partial charge >= 0.3 is 0 Å². The Balaban J connectivity index is 0.881. The van der Waals surface area contributed by atoms with E-state index in [1.54, 1.807) is 0 Å². The number of nitrogens with zero attached hydrogens (tertiary/aromatic N) is 1. The molecule has 0 atom stereocenters. The van der Waals surface area contributed by atoms with Crippen molar-refractivity contribution < 1.29 is 8.83 Å². The zero-order valence-corrected chi connectivity index (χ0v) is 47.9.